The van der Waals surface area contributed by atoms with Crippen LogP contribution < -0.4 is 4.90 Å². The first-order valence-corrected chi connectivity index (χ1v) is 8.41. The van der Waals surface area contributed by atoms with Gasteiger partial charge in [-0.1, -0.05) is 19.4 Å². The fourth-order valence-electron chi connectivity index (χ4n) is 3.64. The van der Waals surface area contributed by atoms with Crippen LogP contribution in [0.15, 0.2) is 18.2 Å². The number of hydrogen-bond acceptors (Lipinski definition) is 3. The van der Waals surface area contributed by atoms with Crippen molar-refractivity contribution >= 4 is 17.2 Å². The number of rotatable bonds is 4. The number of allylic oxidation sites excluding steroid dienone is 1. The minimum absolute atomic E-state index is 0.156. The van der Waals surface area contributed by atoms with E-state index in [0.29, 0.717) is 0 Å². The molecule has 23 heavy (non-hydrogen) atoms. The topological polar surface area (TPSA) is 29.5 Å². The van der Waals surface area contributed by atoms with Crippen molar-refractivity contribution in [3.05, 3.63) is 34.9 Å². The van der Waals surface area contributed by atoms with Crippen LogP contribution in [0.1, 0.15) is 57.2 Å². The van der Waals surface area contributed by atoms with Crippen molar-refractivity contribution in [1.82, 2.24) is 0 Å². The second kappa shape index (κ2) is 6.38. The summed E-state index contributed by atoms with van der Waals surface area (Å²) in [6.45, 7) is 12.9. The number of fused-ring (bicyclic) bond motifs is 1. The third-order valence-electron chi connectivity index (χ3n) is 4.83. The van der Waals surface area contributed by atoms with Gasteiger partial charge in [-0.05, 0) is 69.9 Å². The molecule has 0 spiro atoms. The molecule has 0 bridgehead atoms. The Hall–Kier alpha value is -1.77. The summed E-state index contributed by atoms with van der Waals surface area (Å²) >= 11 is 0. The molecule has 2 rings (SSSR count). The molecule has 0 radical (unpaired) electrons. The Kier molecular flexibility index (Phi) is 4.88. The Morgan fingerprint density at radius 3 is 2.39 bits per heavy atom. The average Bonchev–Trinajstić information content (AvgIpc) is 2.47. The number of benzene rings is 1. The van der Waals surface area contributed by atoms with Crippen molar-refractivity contribution in [2.75, 3.05) is 12.0 Å². The van der Waals surface area contributed by atoms with Crippen molar-refractivity contribution < 1.29 is 9.53 Å². The van der Waals surface area contributed by atoms with Gasteiger partial charge < -0.3 is 9.64 Å². The molecule has 0 N–H and O–H groups in total. The zero-order chi connectivity index (χ0) is 17.4. The van der Waals surface area contributed by atoms with Gasteiger partial charge in [-0.15, -0.1) is 0 Å². The number of anilines is 1. The van der Waals surface area contributed by atoms with Crippen LogP contribution in [-0.4, -0.2) is 24.7 Å². The summed E-state index contributed by atoms with van der Waals surface area (Å²) in [6.07, 6.45) is 3.99. The molecule has 0 saturated heterocycles. The summed E-state index contributed by atoms with van der Waals surface area (Å²) in [5.74, 6) is -0.156. The van der Waals surface area contributed by atoms with E-state index in [4.69, 9.17) is 4.74 Å². The Morgan fingerprint density at radius 1 is 1.22 bits per heavy atom. The van der Waals surface area contributed by atoms with Gasteiger partial charge in [0.1, 0.15) is 6.04 Å². The summed E-state index contributed by atoms with van der Waals surface area (Å²) in [4.78, 5) is 14.7. The summed E-state index contributed by atoms with van der Waals surface area (Å²) in [5, 5.41) is 0. The van der Waals surface area contributed by atoms with E-state index in [1.807, 2.05) is 0 Å². The average molecular weight is 315 g/mol. The van der Waals surface area contributed by atoms with Crippen LogP contribution in [0.5, 0.6) is 0 Å². The maximum Gasteiger partial charge on any atom is 0.328 e. The molecule has 1 aromatic rings. The molecule has 1 atom stereocenters. The van der Waals surface area contributed by atoms with Gasteiger partial charge in [0.25, 0.3) is 0 Å². The lowest BCUT2D eigenvalue weighted by molar-refractivity contribution is -0.142. The molecule has 0 aromatic heterocycles. The molecule has 3 heteroatoms. The van der Waals surface area contributed by atoms with Crippen LogP contribution >= 0.6 is 0 Å². The number of ether oxygens (including phenoxy) is 1. The summed E-state index contributed by atoms with van der Waals surface area (Å²) < 4.78 is 5.11. The molecule has 1 aliphatic rings. The minimum Gasteiger partial charge on any atom is -0.467 e. The van der Waals surface area contributed by atoms with E-state index in [1.165, 1.54) is 29.4 Å². The highest BCUT2D eigenvalue weighted by Crippen LogP contribution is 2.42. The van der Waals surface area contributed by atoms with Gasteiger partial charge in [-0.25, -0.2) is 4.79 Å². The van der Waals surface area contributed by atoms with Crippen molar-refractivity contribution in [2.45, 2.75) is 66.0 Å². The summed E-state index contributed by atoms with van der Waals surface area (Å²) in [7, 11) is 1.48. The quantitative estimate of drug-likeness (QED) is 0.758. The zero-order valence-corrected chi connectivity index (χ0v) is 15.5. The van der Waals surface area contributed by atoms with Crippen LogP contribution in [0.3, 0.4) is 0 Å². The number of nitrogens with zero attached hydrogens (tertiary/aromatic N) is 1. The molecular formula is C20H29NO2. The second-order valence-corrected chi connectivity index (χ2v) is 7.13. The van der Waals surface area contributed by atoms with Gasteiger partial charge in [0.2, 0.25) is 0 Å². The lowest BCUT2D eigenvalue weighted by Gasteiger charge is -2.47. The molecule has 1 unspecified atom stereocenters. The molecule has 1 aliphatic heterocycles. The molecule has 0 fully saturated rings. The predicted molar refractivity (Wildman–Crippen MR) is 96.8 cm³/mol. The predicted octanol–water partition coefficient (Wildman–Crippen LogP) is 4.65. The van der Waals surface area contributed by atoms with Crippen LogP contribution in [-0.2, 0) is 9.53 Å². The first-order valence-electron chi connectivity index (χ1n) is 8.41. The summed E-state index contributed by atoms with van der Waals surface area (Å²) in [5.41, 5.74) is 5.93. The van der Waals surface area contributed by atoms with E-state index >= 15 is 0 Å². The number of methoxy groups -OCH3 is 1. The van der Waals surface area contributed by atoms with Crippen LogP contribution in [0, 0.1) is 13.8 Å². The number of carbonyl (C=O) groups is 1. The smallest absolute Gasteiger partial charge is 0.328 e. The highest BCUT2D eigenvalue weighted by atomic mass is 16.5. The highest BCUT2D eigenvalue weighted by molar-refractivity contribution is 5.88. The van der Waals surface area contributed by atoms with Crippen molar-refractivity contribution in [3.63, 3.8) is 0 Å². The van der Waals surface area contributed by atoms with Gasteiger partial charge >= 0.3 is 5.97 Å². The molecule has 1 aromatic carbocycles. The normalized spacial score (nSPS) is 17.3. The number of esters is 1. The number of hydrogen-bond donors (Lipinski definition) is 0. The largest absolute Gasteiger partial charge is 0.467 e. The highest BCUT2D eigenvalue weighted by Gasteiger charge is 2.39. The van der Waals surface area contributed by atoms with Crippen molar-refractivity contribution in [1.29, 1.82) is 0 Å². The Labute approximate surface area is 140 Å². The van der Waals surface area contributed by atoms with Gasteiger partial charge in [0.05, 0.1) is 12.6 Å². The van der Waals surface area contributed by atoms with Crippen LogP contribution in [0.25, 0.3) is 5.57 Å². The molecule has 1 heterocycles. The first kappa shape index (κ1) is 17.6. The number of carbonyl (C=O) groups excluding carboxylic acids is 1. The fourth-order valence-corrected chi connectivity index (χ4v) is 3.64. The van der Waals surface area contributed by atoms with Crippen molar-refractivity contribution in [3.8, 4) is 0 Å². The second-order valence-electron chi connectivity index (χ2n) is 7.13. The van der Waals surface area contributed by atoms with E-state index in [2.05, 4.69) is 64.7 Å². The van der Waals surface area contributed by atoms with Crippen LogP contribution in [0.4, 0.5) is 5.69 Å². The maximum atomic E-state index is 12.4. The van der Waals surface area contributed by atoms with Gasteiger partial charge in [0.15, 0.2) is 0 Å². The fraction of sp³-hybridized carbons (Fsp3) is 0.550. The number of aryl methyl sites for hydroxylation is 2. The Morgan fingerprint density at radius 2 is 1.83 bits per heavy atom. The maximum absolute atomic E-state index is 12.4. The Bertz CT molecular complexity index is 643. The van der Waals surface area contributed by atoms with Crippen LogP contribution in [0.2, 0.25) is 0 Å². The Balaban J connectivity index is 2.66. The summed E-state index contributed by atoms with van der Waals surface area (Å²) in [6, 6.07) is 4.19. The van der Waals surface area contributed by atoms with E-state index in [-0.39, 0.29) is 17.6 Å². The van der Waals surface area contributed by atoms with Gasteiger partial charge in [-0.2, -0.15) is 0 Å². The SMILES string of the molecule is CCCC(C(=O)OC)N1c2cc(C)c(C)cc2C(C)=CC1(C)C. The van der Waals surface area contributed by atoms with Crippen molar-refractivity contribution in [2.24, 2.45) is 0 Å². The molecule has 3 nitrogen and oxygen atoms in total. The van der Waals surface area contributed by atoms with E-state index < -0.39 is 0 Å². The van der Waals surface area contributed by atoms with E-state index in [1.54, 1.807) is 0 Å². The first-order chi connectivity index (χ1) is 10.7. The molecular weight excluding hydrogens is 286 g/mol. The lowest BCUT2D eigenvalue weighted by atomic mass is 9.85. The molecule has 0 saturated carbocycles. The third kappa shape index (κ3) is 3.15. The minimum atomic E-state index is -0.259. The van der Waals surface area contributed by atoms with Gasteiger partial charge in [-0.3, -0.25) is 0 Å². The van der Waals surface area contributed by atoms with Gasteiger partial charge in [0, 0.05) is 11.3 Å². The lowest BCUT2D eigenvalue weighted by Crippen LogP contribution is -2.54. The molecule has 0 aliphatic carbocycles. The standard InChI is InChI=1S/C20H29NO2/c1-8-9-17(19(22)23-7)21-18-11-14(3)13(2)10-16(18)15(4)12-20(21,5)6/h10-12,17H,8-9H2,1-7H3. The molecule has 0 amide bonds. The monoisotopic (exact) mass is 315 g/mol. The molecule has 126 valence electrons. The van der Waals surface area contributed by atoms with E-state index in [9.17, 15) is 4.79 Å². The van der Waals surface area contributed by atoms with E-state index in [0.717, 1.165) is 18.5 Å². The zero-order valence-electron chi connectivity index (χ0n) is 15.5. The third-order valence-corrected chi connectivity index (χ3v) is 4.83.